The molecule has 1 fully saturated rings. The van der Waals surface area contributed by atoms with Crippen molar-refractivity contribution in [1.82, 2.24) is 5.32 Å². The Balaban J connectivity index is 1.89. The number of ether oxygens (including phenoxy) is 2. The Bertz CT molecular complexity index is 504. The highest BCUT2D eigenvalue weighted by Crippen LogP contribution is 2.28. The summed E-state index contributed by atoms with van der Waals surface area (Å²) in [5.74, 6) is 0.248. The van der Waals surface area contributed by atoms with Gasteiger partial charge >= 0.3 is 0 Å². The molecule has 0 aromatic heterocycles. The lowest BCUT2D eigenvalue weighted by Crippen LogP contribution is -2.46. The van der Waals surface area contributed by atoms with Gasteiger partial charge in [0.15, 0.2) is 6.10 Å². The van der Waals surface area contributed by atoms with Crippen LogP contribution in [0.4, 0.5) is 0 Å². The van der Waals surface area contributed by atoms with Crippen LogP contribution in [0.5, 0.6) is 5.75 Å². The number of carbonyl (C=O) groups excluding carboxylic acids is 1. The second-order valence-electron chi connectivity index (χ2n) is 5.18. The van der Waals surface area contributed by atoms with Gasteiger partial charge in [-0.15, -0.1) is 0 Å². The first-order valence-electron chi connectivity index (χ1n) is 7.01. The Labute approximate surface area is 134 Å². The summed E-state index contributed by atoms with van der Waals surface area (Å²) in [5.41, 5.74) is 0. The fourth-order valence-corrected chi connectivity index (χ4v) is 2.70. The van der Waals surface area contributed by atoms with E-state index in [1.165, 1.54) is 0 Å². The minimum atomic E-state index is -0.646. The third-order valence-corrected chi connectivity index (χ3v) is 3.99. The van der Waals surface area contributed by atoms with E-state index in [4.69, 9.17) is 32.7 Å². The fourth-order valence-electron chi connectivity index (χ4n) is 2.25. The van der Waals surface area contributed by atoms with E-state index in [0.717, 1.165) is 19.4 Å². The van der Waals surface area contributed by atoms with E-state index in [1.54, 1.807) is 25.1 Å². The zero-order valence-electron chi connectivity index (χ0n) is 12.1. The molecule has 1 amide bonds. The molecule has 21 heavy (non-hydrogen) atoms. The minimum absolute atomic E-state index is 0.0354. The van der Waals surface area contributed by atoms with Crippen LogP contribution in [0.15, 0.2) is 18.2 Å². The van der Waals surface area contributed by atoms with E-state index in [0.29, 0.717) is 15.8 Å². The lowest BCUT2D eigenvalue weighted by molar-refractivity contribution is -0.128. The van der Waals surface area contributed by atoms with Gasteiger partial charge in [-0.2, -0.15) is 0 Å². The van der Waals surface area contributed by atoms with Crippen molar-refractivity contribution in [2.24, 2.45) is 0 Å². The van der Waals surface area contributed by atoms with Gasteiger partial charge in [-0.25, -0.2) is 0 Å². The Morgan fingerprint density at radius 2 is 2.19 bits per heavy atom. The predicted octanol–water partition coefficient (Wildman–Crippen LogP) is 3.44. The smallest absolute Gasteiger partial charge is 0.261 e. The van der Waals surface area contributed by atoms with Gasteiger partial charge in [0.25, 0.3) is 5.91 Å². The lowest BCUT2D eigenvalue weighted by atomic mass is 10.1. The summed E-state index contributed by atoms with van der Waals surface area (Å²) < 4.78 is 11.1. The van der Waals surface area contributed by atoms with Crippen LogP contribution in [0, 0.1) is 0 Å². The maximum absolute atomic E-state index is 12.1. The molecule has 1 aromatic rings. The third kappa shape index (κ3) is 4.50. The van der Waals surface area contributed by atoms with Crippen molar-refractivity contribution < 1.29 is 14.3 Å². The molecular weight excluding hydrogens is 313 g/mol. The van der Waals surface area contributed by atoms with Crippen molar-refractivity contribution in [1.29, 1.82) is 0 Å². The van der Waals surface area contributed by atoms with Gasteiger partial charge in [-0.05, 0) is 44.9 Å². The van der Waals surface area contributed by atoms with Crippen LogP contribution in [0.3, 0.4) is 0 Å². The number of hydrogen-bond acceptors (Lipinski definition) is 3. The van der Waals surface area contributed by atoms with Crippen molar-refractivity contribution in [3.05, 3.63) is 28.2 Å². The van der Waals surface area contributed by atoms with Crippen molar-refractivity contribution in [3.63, 3.8) is 0 Å². The van der Waals surface area contributed by atoms with Gasteiger partial charge in [-0.1, -0.05) is 23.2 Å². The van der Waals surface area contributed by atoms with Crippen LogP contribution < -0.4 is 10.1 Å². The van der Waals surface area contributed by atoms with Crippen molar-refractivity contribution >= 4 is 29.1 Å². The van der Waals surface area contributed by atoms with E-state index in [9.17, 15) is 4.79 Å². The fraction of sp³-hybridized carbons (Fsp3) is 0.533. The molecule has 1 saturated heterocycles. The third-order valence-electron chi connectivity index (χ3n) is 3.46. The van der Waals surface area contributed by atoms with Crippen molar-refractivity contribution in [2.45, 2.75) is 44.9 Å². The summed E-state index contributed by atoms with van der Waals surface area (Å²) in [7, 11) is 0. The van der Waals surface area contributed by atoms with Crippen molar-refractivity contribution in [2.75, 3.05) is 6.61 Å². The second kappa shape index (κ2) is 7.34. The van der Waals surface area contributed by atoms with Crippen LogP contribution in [0.25, 0.3) is 0 Å². The number of amides is 1. The SMILES string of the molecule is C[C@H](Oc1ccc(Cl)cc1Cl)C(=O)N[C@@H](C)[C@H]1CCCO1. The molecule has 1 N–H and O–H groups in total. The van der Waals surface area contributed by atoms with Gasteiger partial charge in [0.05, 0.1) is 17.2 Å². The number of benzene rings is 1. The maximum atomic E-state index is 12.1. The summed E-state index contributed by atoms with van der Waals surface area (Å²) >= 11 is 11.9. The summed E-state index contributed by atoms with van der Waals surface area (Å²) in [4.78, 5) is 12.1. The van der Waals surface area contributed by atoms with Crippen LogP contribution in [-0.2, 0) is 9.53 Å². The average molecular weight is 332 g/mol. The molecule has 0 spiro atoms. The molecular formula is C15H19Cl2NO3. The van der Waals surface area contributed by atoms with Gasteiger partial charge < -0.3 is 14.8 Å². The molecule has 2 rings (SSSR count). The summed E-state index contributed by atoms with van der Waals surface area (Å²) in [6.07, 6.45) is 1.45. The highest BCUT2D eigenvalue weighted by Gasteiger charge is 2.26. The van der Waals surface area contributed by atoms with Gasteiger partial charge in [0.1, 0.15) is 5.75 Å². The Morgan fingerprint density at radius 1 is 1.43 bits per heavy atom. The molecule has 1 aromatic carbocycles. The number of rotatable bonds is 5. The van der Waals surface area contributed by atoms with Crippen molar-refractivity contribution in [3.8, 4) is 5.75 Å². The molecule has 3 atom stereocenters. The summed E-state index contributed by atoms with van der Waals surface area (Å²) in [5, 5.41) is 3.82. The highest BCUT2D eigenvalue weighted by molar-refractivity contribution is 6.35. The van der Waals surface area contributed by atoms with Gasteiger partial charge in [0, 0.05) is 11.6 Å². The molecule has 0 unspecified atom stereocenters. The molecule has 1 heterocycles. The second-order valence-corrected chi connectivity index (χ2v) is 6.03. The number of halogens is 2. The van der Waals surface area contributed by atoms with E-state index in [1.807, 2.05) is 6.92 Å². The monoisotopic (exact) mass is 331 g/mol. The summed E-state index contributed by atoms with van der Waals surface area (Å²) in [6, 6.07) is 4.87. The average Bonchev–Trinajstić information content (AvgIpc) is 2.95. The van der Waals surface area contributed by atoms with Crippen LogP contribution in [0.1, 0.15) is 26.7 Å². The molecule has 6 heteroatoms. The molecule has 4 nitrogen and oxygen atoms in total. The quantitative estimate of drug-likeness (QED) is 0.898. The number of nitrogens with one attached hydrogen (secondary N) is 1. The summed E-state index contributed by atoms with van der Waals surface area (Å²) in [6.45, 7) is 4.38. The molecule has 0 bridgehead atoms. The first-order chi connectivity index (χ1) is 9.97. The largest absolute Gasteiger partial charge is 0.479 e. The zero-order chi connectivity index (χ0) is 15.4. The Morgan fingerprint density at radius 3 is 2.81 bits per heavy atom. The lowest BCUT2D eigenvalue weighted by Gasteiger charge is -2.22. The Kier molecular flexibility index (Phi) is 5.73. The van der Waals surface area contributed by atoms with Crippen LogP contribution in [0.2, 0.25) is 10.0 Å². The molecule has 1 aliphatic rings. The maximum Gasteiger partial charge on any atom is 0.261 e. The van der Waals surface area contributed by atoms with E-state index in [-0.39, 0.29) is 18.1 Å². The molecule has 0 aliphatic carbocycles. The van der Waals surface area contributed by atoms with Crippen LogP contribution >= 0.6 is 23.2 Å². The normalized spacial score (nSPS) is 20.9. The molecule has 116 valence electrons. The number of hydrogen-bond donors (Lipinski definition) is 1. The van der Waals surface area contributed by atoms with Gasteiger partial charge in [-0.3, -0.25) is 4.79 Å². The first kappa shape index (κ1) is 16.4. The van der Waals surface area contributed by atoms with E-state index < -0.39 is 6.10 Å². The first-order valence-corrected chi connectivity index (χ1v) is 7.76. The van der Waals surface area contributed by atoms with Gasteiger partial charge in [0.2, 0.25) is 0 Å². The molecule has 0 saturated carbocycles. The predicted molar refractivity (Wildman–Crippen MR) is 83.1 cm³/mol. The number of carbonyl (C=O) groups is 1. The topological polar surface area (TPSA) is 47.6 Å². The zero-order valence-corrected chi connectivity index (χ0v) is 13.6. The minimum Gasteiger partial charge on any atom is -0.479 e. The Hall–Kier alpha value is -0.970. The van der Waals surface area contributed by atoms with Crippen LogP contribution in [-0.4, -0.2) is 30.8 Å². The standard InChI is InChI=1S/C15H19Cl2NO3/c1-9(13-4-3-7-20-13)18-15(19)10(2)21-14-6-5-11(16)8-12(14)17/h5-6,8-10,13H,3-4,7H2,1-2H3,(H,18,19)/t9-,10-,13+/m0/s1. The highest BCUT2D eigenvalue weighted by atomic mass is 35.5. The van der Waals surface area contributed by atoms with E-state index >= 15 is 0 Å². The molecule has 0 radical (unpaired) electrons. The molecule has 1 aliphatic heterocycles. The van der Waals surface area contributed by atoms with E-state index in [2.05, 4.69) is 5.32 Å².